The van der Waals surface area contributed by atoms with E-state index in [0.29, 0.717) is 19.1 Å². The normalized spacial score (nSPS) is 19.4. The first-order valence-corrected chi connectivity index (χ1v) is 8.25. The molecule has 1 aliphatic heterocycles. The van der Waals surface area contributed by atoms with Crippen molar-refractivity contribution in [2.75, 3.05) is 13.2 Å². The first-order chi connectivity index (χ1) is 10.5. The lowest BCUT2D eigenvalue weighted by Crippen LogP contribution is -2.44. The molecular weight excluding hydrogens is 278 g/mol. The molecule has 1 atom stereocenters. The van der Waals surface area contributed by atoms with E-state index in [2.05, 4.69) is 30.9 Å². The predicted molar refractivity (Wildman–Crippen MR) is 87.4 cm³/mol. The van der Waals surface area contributed by atoms with Crippen LogP contribution in [0, 0.1) is 0 Å². The molecule has 2 rings (SSSR count). The minimum Gasteiger partial charge on any atom is -0.494 e. The van der Waals surface area contributed by atoms with Gasteiger partial charge in [0.05, 0.1) is 6.61 Å². The molecule has 1 aliphatic rings. The quantitative estimate of drug-likeness (QED) is 0.871. The molecule has 0 radical (unpaired) electrons. The van der Waals surface area contributed by atoms with E-state index in [0.717, 1.165) is 31.6 Å². The Morgan fingerprint density at radius 2 is 2.18 bits per heavy atom. The van der Waals surface area contributed by atoms with Gasteiger partial charge in [-0.15, -0.1) is 0 Å². The highest BCUT2D eigenvalue weighted by Gasteiger charge is 2.28. The molecule has 1 aromatic carbocycles. The Balaban J connectivity index is 2.21. The fraction of sp³-hybridized carbons (Fsp3) is 0.611. The van der Waals surface area contributed by atoms with Crippen LogP contribution in [0.15, 0.2) is 18.2 Å². The number of carboxylic acid groups (broad SMARTS) is 1. The summed E-state index contributed by atoms with van der Waals surface area (Å²) in [6.07, 6.45) is 2.84. The Labute approximate surface area is 133 Å². The van der Waals surface area contributed by atoms with Crippen LogP contribution < -0.4 is 4.74 Å². The zero-order valence-corrected chi connectivity index (χ0v) is 13.8. The van der Waals surface area contributed by atoms with Crippen LogP contribution in [0.25, 0.3) is 0 Å². The molecule has 0 spiro atoms. The molecule has 1 saturated heterocycles. The number of piperidine rings is 1. The van der Waals surface area contributed by atoms with E-state index in [4.69, 9.17) is 4.74 Å². The first kappa shape index (κ1) is 16.8. The first-order valence-electron chi connectivity index (χ1n) is 8.25. The maximum absolute atomic E-state index is 11.5. The SMILES string of the molecule is CCOc1ccc(CN2CCCCC2C(=O)O)c(C(C)C)c1. The van der Waals surface area contributed by atoms with Gasteiger partial charge >= 0.3 is 5.97 Å². The Morgan fingerprint density at radius 1 is 1.41 bits per heavy atom. The van der Waals surface area contributed by atoms with Crippen molar-refractivity contribution in [2.45, 2.75) is 58.5 Å². The van der Waals surface area contributed by atoms with Crippen molar-refractivity contribution >= 4 is 5.97 Å². The summed E-state index contributed by atoms with van der Waals surface area (Å²) in [6, 6.07) is 5.84. The van der Waals surface area contributed by atoms with Crippen molar-refractivity contribution in [1.29, 1.82) is 0 Å². The zero-order chi connectivity index (χ0) is 16.1. The van der Waals surface area contributed by atoms with E-state index in [1.54, 1.807) is 0 Å². The molecule has 1 fully saturated rings. The second-order valence-corrected chi connectivity index (χ2v) is 6.27. The Bertz CT molecular complexity index is 513. The Kier molecular flexibility index (Phi) is 5.83. The number of carboxylic acids is 1. The maximum atomic E-state index is 11.5. The monoisotopic (exact) mass is 305 g/mol. The molecule has 1 unspecified atom stereocenters. The summed E-state index contributed by atoms with van der Waals surface area (Å²) in [4.78, 5) is 13.6. The van der Waals surface area contributed by atoms with Crippen LogP contribution >= 0.6 is 0 Å². The van der Waals surface area contributed by atoms with E-state index in [1.165, 1.54) is 11.1 Å². The molecular formula is C18H27NO3. The lowest BCUT2D eigenvalue weighted by atomic mass is 9.94. The summed E-state index contributed by atoms with van der Waals surface area (Å²) >= 11 is 0. The van der Waals surface area contributed by atoms with Crippen LogP contribution in [0.1, 0.15) is 57.1 Å². The Morgan fingerprint density at radius 3 is 2.82 bits per heavy atom. The van der Waals surface area contributed by atoms with Crippen LogP contribution in [-0.2, 0) is 11.3 Å². The highest BCUT2D eigenvalue weighted by atomic mass is 16.5. The summed E-state index contributed by atoms with van der Waals surface area (Å²) < 4.78 is 5.59. The number of ether oxygens (including phenoxy) is 1. The summed E-state index contributed by atoms with van der Waals surface area (Å²) in [5, 5.41) is 9.42. The van der Waals surface area contributed by atoms with Crippen LogP contribution in [0.4, 0.5) is 0 Å². The van der Waals surface area contributed by atoms with Crippen molar-refractivity contribution in [3.8, 4) is 5.75 Å². The van der Waals surface area contributed by atoms with Crippen LogP contribution in [0.2, 0.25) is 0 Å². The van der Waals surface area contributed by atoms with Gasteiger partial charge in [-0.1, -0.05) is 26.3 Å². The van der Waals surface area contributed by atoms with Gasteiger partial charge in [0.2, 0.25) is 0 Å². The fourth-order valence-electron chi connectivity index (χ4n) is 3.19. The van der Waals surface area contributed by atoms with Gasteiger partial charge in [-0.05, 0) is 55.5 Å². The average Bonchev–Trinajstić information content (AvgIpc) is 2.49. The topological polar surface area (TPSA) is 49.8 Å². The molecule has 0 amide bonds. The van der Waals surface area contributed by atoms with Gasteiger partial charge in [0, 0.05) is 6.54 Å². The smallest absolute Gasteiger partial charge is 0.320 e. The molecule has 0 saturated carbocycles. The Hall–Kier alpha value is -1.55. The number of benzene rings is 1. The second-order valence-electron chi connectivity index (χ2n) is 6.27. The fourth-order valence-corrected chi connectivity index (χ4v) is 3.19. The third-order valence-corrected chi connectivity index (χ3v) is 4.32. The molecule has 4 nitrogen and oxygen atoms in total. The number of hydrogen-bond donors (Lipinski definition) is 1. The number of hydrogen-bond acceptors (Lipinski definition) is 3. The van der Waals surface area contributed by atoms with Gasteiger partial charge in [0.25, 0.3) is 0 Å². The van der Waals surface area contributed by atoms with E-state index < -0.39 is 5.97 Å². The minimum absolute atomic E-state index is 0.347. The van der Waals surface area contributed by atoms with E-state index in [1.807, 2.05) is 13.0 Å². The van der Waals surface area contributed by atoms with E-state index in [9.17, 15) is 9.90 Å². The molecule has 1 heterocycles. The van der Waals surface area contributed by atoms with Gasteiger partial charge in [-0.2, -0.15) is 0 Å². The van der Waals surface area contributed by atoms with Crippen molar-refractivity contribution in [3.63, 3.8) is 0 Å². The second kappa shape index (κ2) is 7.63. The van der Waals surface area contributed by atoms with E-state index in [-0.39, 0.29) is 6.04 Å². The van der Waals surface area contributed by atoms with E-state index >= 15 is 0 Å². The van der Waals surface area contributed by atoms with Gasteiger partial charge in [-0.3, -0.25) is 9.69 Å². The van der Waals surface area contributed by atoms with Gasteiger partial charge in [0.15, 0.2) is 0 Å². The predicted octanol–water partition coefficient (Wildman–Crippen LogP) is 3.65. The highest BCUT2D eigenvalue weighted by molar-refractivity contribution is 5.73. The third-order valence-electron chi connectivity index (χ3n) is 4.32. The van der Waals surface area contributed by atoms with Gasteiger partial charge < -0.3 is 9.84 Å². The summed E-state index contributed by atoms with van der Waals surface area (Å²) in [7, 11) is 0. The lowest BCUT2D eigenvalue weighted by Gasteiger charge is -2.33. The molecule has 22 heavy (non-hydrogen) atoms. The third kappa shape index (κ3) is 4.01. The van der Waals surface area contributed by atoms with Gasteiger partial charge in [-0.25, -0.2) is 0 Å². The standard InChI is InChI=1S/C18H27NO3/c1-4-22-15-9-8-14(16(11-15)13(2)3)12-19-10-6-5-7-17(19)18(20)21/h8-9,11,13,17H,4-7,10,12H2,1-3H3,(H,20,21). The molecule has 122 valence electrons. The van der Waals surface area contributed by atoms with Crippen molar-refractivity contribution in [1.82, 2.24) is 4.90 Å². The van der Waals surface area contributed by atoms with Crippen molar-refractivity contribution < 1.29 is 14.6 Å². The van der Waals surface area contributed by atoms with Crippen molar-refractivity contribution in [2.24, 2.45) is 0 Å². The number of carbonyl (C=O) groups is 1. The van der Waals surface area contributed by atoms with Crippen LogP contribution in [0.3, 0.4) is 0 Å². The van der Waals surface area contributed by atoms with Gasteiger partial charge in [0.1, 0.15) is 11.8 Å². The zero-order valence-electron chi connectivity index (χ0n) is 13.8. The molecule has 0 aliphatic carbocycles. The summed E-state index contributed by atoms with van der Waals surface area (Å²) in [5.41, 5.74) is 2.47. The summed E-state index contributed by atoms with van der Waals surface area (Å²) in [5.74, 6) is 0.587. The highest BCUT2D eigenvalue weighted by Crippen LogP contribution is 2.28. The molecule has 4 heteroatoms. The molecule has 1 N–H and O–H groups in total. The number of aliphatic carboxylic acids is 1. The number of rotatable bonds is 6. The number of nitrogens with zero attached hydrogens (tertiary/aromatic N) is 1. The average molecular weight is 305 g/mol. The van der Waals surface area contributed by atoms with Crippen LogP contribution in [-0.4, -0.2) is 35.2 Å². The molecule has 1 aromatic rings. The summed E-state index contributed by atoms with van der Waals surface area (Å²) in [6.45, 7) is 8.54. The number of likely N-dealkylation sites (tertiary alicyclic amines) is 1. The maximum Gasteiger partial charge on any atom is 0.320 e. The van der Waals surface area contributed by atoms with Crippen LogP contribution in [0.5, 0.6) is 5.75 Å². The molecule has 0 bridgehead atoms. The lowest BCUT2D eigenvalue weighted by molar-refractivity contribution is -0.144. The minimum atomic E-state index is -0.697. The largest absolute Gasteiger partial charge is 0.494 e. The molecule has 0 aromatic heterocycles. The van der Waals surface area contributed by atoms with Crippen molar-refractivity contribution in [3.05, 3.63) is 29.3 Å².